The van der Waals surface area contributed by atoms with Crippen molar-refractivity contribution in [2.24, 2.45) is 5.10 Å². The van der Waals surface area contributed by atoms with Gasteiger partial charge in [-0.1, -0.05) is 66.2 Å². The highest BCUT2D eigenvalue weighted by atomic mass is 35.5. The Morgan fingerprint density at radius 3 is 2.34 bits per heavy atom. The molecule has 194 valence electrons. The van der Waals surface area contributed by atoms with Crippen molar-refractivity contribution in [3.05, 3.63) is 107 Å². The van der Waals surface area contributed by atoms with E-state index < -0.39 is 22.5 Å². The van der Waals surface area contributed by atoms with Crippen molar-refractivity contribution < 1.29 is 18.0 Å². The fourth-order valence-electron chi connectivity index (χ4n) is 3.84. The molecule has 0 aromatic heterocycles. The summed E-state index contributed by atoms with van der Waals surface area (Å²) in [6.45, 7) is 1.25. The van der Waals surface area contributed by atoms with Gasteiger partial charge in [0.2, 0.25) is 10.0 Å². The van der Waals surface area contributed by atoms with Crippen LogP contribution in [0, 0.1) is 0 Å². The van der Waals surface area contributed by atoms with Gasteiger partial charge in [0.25, 0.3) is 11.8 Å². The van der Waals surface area contributed by atoms with Crippen molar-refractivity contribution in [2.75, 3.05) is 22.4 Å². The Hall–Kier alpha value is -4.21. The molecule has 0 saturated carbocycles. The Kier molecular flexibility index (Phi) is 8.09. The molecular formula is C28H25ClN4O4S. The summed E-state index contributed by atoms with van der Waals surface area (Å²) in [6, 6.07) is 26.2. The third-order valence-corrected chi connectivity index (χ3v) is 7.06. The third kappa shape index (κ3) is 6.56. The number of fused-ring (bicyclic) bond motifs is 1. The van der Waals surface area contributed by atoms with Gasteiger partial charge in [0, 0.05) is 21.7 Å². The molecule has 10 heteroatoms. The van der Waals surface area contributed by atoms with Crippen molar-refractivity contribution in [1.29, 1.82) is 0 Å². The molecule has 0 unspecified atom stereocenters. The molecule has 2 N–H and O–H groups in total. The summed E-state index contributed by atoms with van der Waals surface area (Å²) in [7, 11) is -3.76. The predicted molar refractivity (Wildman–Crippen MR) is 152 cm³/mol. The fraction of sp³-hybridized carbons (Fsp3) is 0.107. The number of nitrogens with zero attached hydrogens (tertiary/aromatic N) is 2. The number of hydrogen-bond donors (Lipinski definition) is 2. The molecule has 4 aromatic carbocycles. The van der Waals surface area contributed by atoms with Gasteiger partial charge in [-0.25, -0.2) is 13.8 Å². The minimum Gasteiger partial charge on any atom is -0.322 e. The average Bonchev–Trinajstić information content (AvgIpc) is 2.89. The second-order valence-corrected chi connectivity index (χ2v) is 10.9. The minimum atomic E-state index is -3.76. The van der Waals surface area contributed by atoms with E-state index in [-0.39, 0.29) is 5.91 Å². The number of hydrogen-bond acceptors (Lipinski definition) is 5. The van der Waals surface area contributed by atoms with Crippen LogP contribution in [0.15, 0.2) is 96.1 Å². The first-order chi connectivity index (χ1) is 18.1. The molecule has 4 aromatic rings. The highest BCUT2D eigenvalue weighted by molar-refractivity contribution is 7.92. The number of halogens is 1. The lowest BCUT2D eigenvalue weighted by Gasteiger charge is -2.23. The van der Waals surface area contributed by atoms with Crippen molar-refractivity contribution in [3.63, 3.8) is 0 Å². The van der Waals surface area contributed by atoms with Crippen LogP contribution in [0.5, 0.6) is 0 Å². The van der Waals surface area contributed by atoms with Crippen LogP contribution in [-0.2, 0) is 14.8 Å². The Morgan fingerprint density at radius 1 is 0.895 bits per heavy atom. The molecular weight excluding hydrogens is 524 g/mol. The van der Waals surface area contributed by atoms with E-state index >= 15 is 0 Å². The summed E-state index contributed by atoms with van der Waals surface area (Å²) in [5.41, 5.74) is 4.92. The van der Waals surface area contributed by atoms with E-state index in [2.05, 4.69) is 15.8 Å². The number of amides is 2. The van der Waals surface area contributed by atoms with Gasteiger partial charge in [0.15, 0.2) is 0 Å². The highest BCUT2D eigenvalue weighted by Crippen LogP contribution is 2.28. The molecule has 0 spiro atoms. The van der Waals surface area contributed by atoms with Gasteiger partial charge in [-0.15, -0.1) is 0 Å². The summed E-state index contributed by atoms with van der Waals surface area (Å²) >= 11 is 5.97. The smallest absolute Gasteiger partial charge is 0.260 e. The summed E-state index contributed by atoms with van der Waals surface area (Å²) in [6.07, 6.45) is 1.06. The zero-order valence-electron chi connectivity index (χ0n) is 20.7. The topological polar surface area (TPSA) is 108 Å². The number of rotatable bonds is 8. The van der Waals surface area contributed by atoms with Gasteiger partial charge >= 0.3 is 0 Å². The van der Waals surface area contributed by atoms with Crippen LogP contribution in [0.1, 0.15) is 22.8 Å². The normalized spacial score (nSPS) is 11.7. The second-order valence-electron chi connectivity index (χ2n) is 8.55. The zero-order valence-corrected chi connectivity index (χ0v) is 22.3. The number of carbonyl (C=O) groups excluding carboxylic acids is 2. The van der Waals surface area contributed by atoms with E-state index in [1.54, 1.807) is 73.7 Å². The molecule has 0 heterocycles. The number of hydrazone groups is 1. The predicted octanol–water partition coefficient (Wildman–Crippen LogP) is 5.05. The average molecular weight is 549 g/mol. The maximum absolute atomic E-state index is 12.8. The van der Waals surface area contributed by atoms with Gasteiger partial charge in [-0.3, -0.25) is 13.9 Å². The van der Waals surface area contributed by atoms with Gasteiger partial charge in [-0.2, -0.15) is 5.10 Å². The number of nitrogens with one attached hydrogen (secondary N) is 2. The van der Waals surface area contributed by atoms with Crippen molar-refractivity contribution in [2.45, 2.75) is 6.92 Å². The van der Waals surface area contributed by atoms with Crippen LogP contribution in [0.4, 0.5) is 11.4 Å². The zero-order chi connectivity index (χ0) is 27.3. The van der Waals surface area contributed by atoms with Crippen molar-refractivity contribution >= 4 is 61.3 Å². The van der Waals surface area contributed by atoms with E-state index in [0.29, 0.717) is 38.6 Å². The molecule has 0 radical (unpaired) electrons. The Bertz CT molecular complexity index is 1650. The molecule has 0 aliphatic carbocycles. The summed E-state index contributed by atoms with van der Waals surface area (Å²) < 4.78 is 26.2. The van der Waals surface area contributed by atoms with Crippen LogP contribution in [-0.4, -0.2) is 38.7 Å². The van der Waals surface area contributed by atoms with E-state index in [9.17, 15) is 18.0 Å². The SMILES string of the molecule is C/C(=N/NC(=O)CN(c1cccc2ccccc12)S(C)(=O)=O)c1cccc(NC(=O)c2cccc(Cl)c2)c1. The first kappa shape index (κ1) is 26.8. The largest absolute Gasteiger partial charge is 0.322 e. The quantitative estimate of drug-likeness (QED) is 0.237. The second kappa shape index (κ2) is 11.5. The number of anilines is 2. The number of benzene rings is 4. The summed E-state index contributed by atoms with van der Waals surface area (Å²) in [5.74, 6) is -0.921. The molecule has 8 nitrogen and oxygen atoms in total. The lowest BCUT2D eigenvalue weighted by atomic mass is 10.1. The summed E-state index contributed by atoms with van der Waals surface area (Å²) in [4.78, 5) is 25.3. The van der Waals surface area contributed by atoms with Crippen LogP contribution < -0.4 is 15.0 Å². The van der Waals surface area contributed by atoms with Crippen molar-refractivity contribution in [1.82, 2.24) is 5.43 Å². The maximum atomic E-state index is 12.8. The lowest BCUT2D eigenvalue weighted by Crippen LogP contribution is -2.39. The fourth-order valence-corrected chi connectivity index (χ4v) is 4.90. The molecule has 0 aliphatic heterocycles. The first-order valence-corrected chi connectivity index (χ1v) is 13.8. The van der Waals surface area contributed by atoms with Crippen molar-refractivity contribution in [3.8, 4) is 0 Å². The van der Waals surface area contributed by atoms with Gasteiger partial charge in [0.1, 0.15) is 6.54 Å². The van der Waals surface area contributed by atoms with Gasteiger partial charge < -0.3 is 5.32 Å². The molecule has 0 bridgehead atoms. The molecule has 38 heavy (non-hydrogen) atoms. The molecule has 0 saturated heterocycles. The highest BCUT2D eigenvalue weighted by Gasteiger charge is 2.22. The number of sulfonamides is 1. The van der Waals surface area contributed by atoms with E-state index in [1.165, 1.54) is 0 Å². The van der Waals surface area contributed by atoms with Gasteiger partial charge in [-0.05, 0) is 54.3 Å². The first-order valence-electron chi connectivity index (χ1n) is 11.6. The van der Waals surface area contributed by atoms with E-state index in [1.807, 2.05) is 24.3 Å². The third-order valence-electron chi connectivity index (χ3n) is 5.70. The van der Waals surface area contributed by atoms with Crippen LogP contribution in [0.3, 0.4) is 0 Å². The van der Waals surface area contributed by atoms with Crippen LogP contribution in [0.2, 0.25) is 5.02 Å². The molecule has 0 atom stereocenters. The Morgan fingerprint density at radius 2 is 1.58 bits per heavy atom. The maximum Gasteiger partial charge on any atom is 0.260 e. The van der Waals surface area contributed by atoms with Gasteiger partial charge in [0.05, 0.1) is 17.7 Å². The minimum absolute atomic E-state index is 0.318. The molecule has 0 aliphatic rings. The Balaban J connectivity index is 1.48. The summed E-state index contributed by atoms with van der Waals surface area (Å²) in [5, 5.41) is 8.98. The lowest BCUT2D eigenvalue weighted by molar-refractivity contribution is -0.119. The molecule has 0 fully saturated rings. The molecule has 4 rings (SSSR count). The number of carbonyl (C=O) groups is 2. The van der Waals surface area contributed by atoms with Crippen LogP contribution in [0.25, 0.3) is 10.8 Å². The Labute approximate surface area is 226 Å². The monoisotopic (exact) mass is 548 g/mol. The molecule has 2 amide bonds. The van der Waals surface area contributed by atoms with E-state index in [0.717, 1.165) is 15.9 Å². The standard InChI is InChI=1S/C28H25ClN4O4S/c1-19(21-10-6-13-24(17-21)30-28(35)22-11-5-12-23(29)16-22)31-32-27(34)18-33(38(2,36)37)26-15-7-9-20-8-3-4-14-25(20)26/h3-17H,18H2,1-2H3,(H,30,35)(H,32,34)/b31-19-. The van der Waals surface area contributed by atoms with E-state index in [4.69, 9.17) is 11.6 Å². The van der Waals surface area contributed by atoms with Crippen LogP contribution >= 0.6 is 11.6 Å².